The van der Waals surface area contributed by atoms with Gasteiger partial charge in [-0.1, -0.05) is 36.4 Å². The van der Waals surface area contributed by atoms with Crippen molar-refractivity contribution in [2.24, 2.45) is 0 Å². The van der Waals surface area contributed by atoms with Crippen LogP contribution in [0.2, 0.25) is 0 Å². The molecule has 0 aliphatic rings. The third-order valence-electron chi connectivity index (χ3n) is 4.68. The van der Waals surface area contributed by atoms with Crippen molar-refractivity contribution >= 4 is 16.9 Å². The molecule has 146 valence electrons. The molecule has 0 spiro atoms. The lowest BCUT2D eigenvalue weighted by Crippen LogP contribution is -2.10. The van der Waals surface area contributed by atoms with Crippen molar-refractivity contribution in [1.82, 2.24) is 9.55 Å². The van der Waals surface area contributed by atoms with Crippen LogP contribution in [0.1, 0.15) is 21.6 Å². The Bertz CT molecular complexity index is 1180. The molecule has 4 aromatic rings. The number of aromatic carboxylic acids is 1. The summed E-state index contributed by atoms with van der Waals surface area (Å²) in [4.78, 5) is 16.0. The van der Waals surface area contributed by atoms with E-state index in [1.54, 1.807) is 17.0 Å². The van der Waals surface area contributed by atoms with Gasteiger partial charge in [-0.05, 0) is 29.8 Å². The second-order valence-electron chi connectivity index (χ2n) is 6.61. The van der Waals surface area contributed by atoms with E-state index in [2.05, 4.69) is 4.98 Å². The van der Waals surface area contributed by atoms with Gasteiger partial charge in [0.2, 0.25) is 0 Å². The lowest BCUT2D eigenvalue weighted by atomic mass is 10.1. The third kappa shape index (κ3) is 3.71. The van der Waals surface area contributed by atoms with Crippen molar-refractivity contribution in [2.45, 2.75) is 12.7 Å². The minimum atomic E-state index is -4.62. The van der Waals surface area contributed by atoms with Gasteiger partial charge < -0.3 is 9.67 Å². The molecule has 0 atom stereocenters. The van der Waals surface area contributed by atoms with E-state index in [-0.39, 0.29) is 23.0 Å². The highest BCUT2D eigenvalue weighted by Crippen LogP contribution is 2.34. The number of carboxylic acids is 1. The number of pyridine rings is 1. The Morgan fingerprint density at radius 2 is 1.76 bits per heavy atom. The van der Waals surface area contributed by atoms with Crippen LogP contribution in [-0.4, -0.2) is 20.6 Å². The fourth-order valence-corrected chi connectivity index (χ4v) is 3.30. The molecular formula is C22H15F3N2O2. The van der Waals surface area contributed by atoms with Crippen molar-refractivity contribution in [1.29, 1.82) is 0 Å². The third-order valence-corrected chi connectivity index (χ3v) is 4.68. The number of fused-ring (bicyclic) bond motifs is 1. The lowest BCUT2D eigenvalue weighted by molar-refractivity contribution is -0.137. The molecule has 4 rings (SSSR count). The van der Waals surface area contributed by atoms with Gasteiger partial charge in [-0.2, -0.15) is 13.2 Å². The Hall–Kier alpha value is -3.61. The number of benzene rings is 2. The van der Waals surface area contributed by atoms with Crippen LogP contribution in [0.3, 0.4) is 0 Å². The number of aromatic nitrogens is 2. The topological polar surface area (TPSA) is 55.1 Å². The second-order valence-corrected chi connectivity index (χ2v) is 6.61. The Morgan fingerprint density at radius 1 is 1.00 bits per heavy atom. The van der Waals surface area contributed by atoms with Crippen molar-refractivity contribution < 1.29 is 23.1 Å². The summed E-state index contributed by atoms with van der Waals surface area (Å²) in [6, 6.07) is 16.6. The number of alkyl halides is 3. The second kappa shape index (κ2) is 7.09. The van der Waals surface area contributed by atoms with Crippen LogP contribution in [0, 0.1) is 0 Å². The molecule has 0 bridgehead atoms. The highest BCUT2D eigenvalue weighted by atomic mass is 19.4. The summed E-state index contributed by atoms with van der Waals surface area (Å²) in [7, 11) is 0. The van der Waals surface area contributed by atoms with Gasteiger partial charge in [0.05, 0.1) is 28.9 Å². The monoisotopic (exact) mass is 396 g/mol. The Morgan fingerprint density at radius 3 is 2.38 bits per heavy atom. The van der Waals surface area contributed by atoms with Gasteiger partial charge in [0, 0.05) is 23.3 Å². The molecular weight excluding hydrogens is 381 g/mol. The summed E-state index contributed by atoms with van der Waals surface area (Å²) >= 11 is 0. The van der Waals surface area contributed by atoms with E-state index in [1.807, 2.05) is 42.5 Å². The molecule has 0 saturated carbocycles. The minimum Gasteiger partial charge on any atom is -0.478 e. The molecule has 0 saturated heterocycles. The molecule has 2 aromatic heterocycles. The maximum atomic E-state index is 13.1. The van der Waals surface area contributed by atoms with Gasteiger partial charge in [0.1, 0.15) is 0 Å². The van der Waals surface area contributed by atoms with Gasteiger partial charge in [0.15, 0.2) is 0 Å². The zero-order valence-corrected chi connectivity index (χ0v) is 15.0. The minimum absolute atomic E-state index is 0.220. The maximum absolute atomic E-state index is 13.1. The fourth-order valence-electron chi connectivity index (χ4n) is 3.30. The van der Waals surface area contributed by atoms with Crippen molar-refractivity contribution in [3.63, 3.8) is 0 Å². The first-order valence-electron chi connectivity index (χ1n) is 8.76. The zero-order chi connectivity index (χ0) is 20.6. The summed E-state index contributed by atoms with van der Waals surface area (Å²) in [5.74, 6) is -1.41. The molecule has 2 heterocycles. The van der Waals surface area contributed by atoms with E-state index in [0.717, 1.165) is 17.2 Å². The van der Waals surface area contributed by atoms with Crippen molar-refractivity contribution in [2.75, 3.05) is 0 Å². The molecule has 29 heavy (non-hydrogen) atoms. The van der Waals surface area contributed by atoms with Gasteiger partial charge in [-0.15, -0.1) is 0 Å². The Kier molecular flexibility index (Phi) is 4.58. The van der Waals surface area contributed by atoms with E-state index in [1.165, 1.54) is 6.07 Å². The highest BCUT2D eigenvalue weighted by molar-refractivity contribution is 6.03. The van der Waals surface area contributed by atoms with Crippen LogP contribution in [0.5, 0.6) is 0 Å². The van der Waals surface area contributed by atoms with Gasteiger partial charge in [-0.25, -0.2) is 4.79 Å². The molecule has 4 nitrogen and oxygen atoms in total. The van der Waals surface area contributed by atoms with Crippen LogP contribution in [-0.2, 0) is 12.7 Å². The zero-order valence-electron chi connectivity index (χ0n) is 15.0. The van der Waals surface area contributed by atoms with E-state index in [9.17, 15) is 23.1 Å². The van der Waals surface area contributed by atoms with Gasteiger partial charge >= 0.3 is 12.1 Å². The van der Waals surface area contributed by atoms with Gasteiger partial charge in [-0.3, -0.25) is 4.98 Å². The highest BCUT2D eigenvalue weighted by Gasteiger charge is 2.32. The first-order chi connectivity index (χ1) is 13.8. The van der Waals surface area contributed by atoms with Crippen molar-refractivity contribution in [3.8, 4) is 11.1 Å². The van der Waals surface area contributed by atoms with E-state index in [4.69, 9.17) is 0 Å². The van der Waals surface area contributed by atoms with Crippen LogP contribution in [0.25, 0.3) is 22.0 Å². The van der Waals surface area contributed by atoms with Gasteiger partial charge in [0.25, 0.3) is 0 Å². The first-order valence-corrected chi connectivity index (χ1v) is 8.76. The van der Waals surface area contributed by atoms with Crippen LogP contribution < -0.4 is 0 Å². The predicted octanol–water partition coefficient (Wildman–Crippen LogP) is 5.47. The van der Waals surface area contributed by atoms with Crippen LogP contribution in [0.4, 0.5) is 13.2 Å². The number of hydrogen-bond acceptors (Lipinski definition) is 2. The molecule has 0 unspecified atom stereocenters. The van der Waals surface area contributed by atoms with E-state index in [0.29, 0.717) is 11.8 Å². The molecule has 0 fully saturated rings. The molecule has 0 aliphatic heterocycles. The van der Waals surface area contributed by atoms with Crippen LogP contribution in [0.15, 0.2) is 73.1 Å². The van der Waals surface area contributed by atoms with E-state index >= 15 is 0 Å². The number of carbonyl (C=O) groups is 1. The Balaban J connectivity index is 1.71. The standard InChI is InChI=1S/C22H15F3N2O2/c23-22(24,25)17-10-15-8-9-27(20(15)19(11-17)21(28)29)13-18-7-6-16(12-26-18)14-4-2-1-3-5-14/h1-12H,13H2,(H,28,29). The SMILES string of the molecule is O=C(O)c1cc(C(F)(F)F)cc2ccn(Cc3ccc(-c4ccccc4)cn3)c12. The largest absolute Gasteiger partial charge is 0.478 e. The molecule has 0 aliphatic carbocycles. The van der Waals surface area contributed by atoms with E-state index < -0.39 is 17.7 Å². The first kappa shape index (κ1) is 18.7. The average Bonchev–Trinajstić information content (AvgIpc) is 3.10. The molecule has 0 radical (unpaired) electrons. The summed E-state index contributed by atoms with van der Waals surface area (Å²) in [5.41, 5.74) is 1.49. The molecule has 2 aromatic carbocycles. The number of halogens is 3. The maximum Gasteiger partial charge on any atom is 0.416 e. The Labute approximate surface area is 163 Å². The summed E-state index contributed by atoms with van der Waals surface area (Å²) in [6.45, 7) is 0.240. The number of carboxylic acid groups (broad SMARTS) is 1. The fraction of sp³-hybridized carbons (Fsp3) is 0.0909. The molecule has 7 heteroatoms. The quantitative estimate of drug-likeness (QED) is 0.498. The molecule has 0 amide bonds. The molecule has 1 N–H and O–H groups in total. The lowest BCUT2D eigenvalue weighted by Gasteiger charge is -2.12. The average molecular weight is 396 g/mol. The number of nitrogens with zero attached hydrogens (tertiary/aromatic N) is 2. The van der Waals surface area contributed by atoms with Crippen LogP contribution >= 0.6 is 0 Å². The normalized spacial score (nSPS) is 11.7. The summed E-state index contributed by atoms with van der Waals surface area (Å²) in [6.07, 6.45) is -1.32. The predicted molar refractivity (Wildman–Crippen MR) is 103 cm³/mol. The van der Waals surface area contributed by atoms with Crippen molar-refractivity contribution in [3.05, 3.63) is 89.9 Å². The number of rotatable bonds is 4. The number of hydrogen-bond donors (Lipinski definition) is 1. The summed E-state index contributed by atoms with van der Waals surface area (Å²) < 4.78 is 40.8. The smallest absolute Gasteiger partial charge is 0.416 e. The summed E-state index contributed by atoms with van der Waals surface area (Å²) in [5, 5.41) is 9.67.